The minimum absolute atomic E-state index is 0.130. The van der Waals surface area contributed by atoms with Gasteiger partial charge in [0, 0.05) is 17.4 Å². The second-order valence-corrected chi connectivity index (χ2v) is 11.3. The number of aromatic nitrogens is 1. The first-order chi connectivity index (χ1) is 15.7. The number of nitrogens with zero attached hydrogens (tertiary/aromatic N) is 1. The first-order valence-corrected chi connectivity index (χ1v) is 13.5. The van der Waals surface area contributed by atoms with Gasteiger partial charge in [0.25, 0.3) is 5.91 Å². The van der Waals surface area contributed by atoms with Crippen molar-refractivity contribution in [2.75, 3.05) is 18.2 Å². The minimum Gasteiger partial charge on any atom is -0.462 e. The number of amides is 1. The summed E-state index contributed by atoms with van der Waals surface area (Å²) in [6.07, 6.45) is 1.11. The fourth-order valence-electron chi connectivity index (χ4n) is 3.26. The molecule has 0 aliphatic heterocycles. The Kier molecular flexibility index (Phi) is 6.33. The van der Waals surface area contributed by atoms with Crippen molar-refractivity contribution in [2.45, 2.75) is 18.7 Å². The van der Waals surface area contributed by atoms with E-state index in [1.807, 2.05) is 24.3 Å². The van der Waals surface area contributed by atoms with E-state index in [2.05, 4.69) is 5.32 Å². The van der Waals surface area contributed by atoms with Crippen LogP contribution in [0, 0.1) is 6.92 Å². The van der Waals surface area contributed by atoms with E-state index in [1.165, 1.54) is 35.6 Å². The van der Waals surface area contributed by atoms with Gasteiger partial charge in [0.05, 0.1) is 21.7 Å². The molecule has 0 radical (unpaired) electrons. The van der Waals surface area contributed by atoms with Gasteiger partial charge in [-0.2, -0.15) is 0 Å². The van der Waals surface area contributed by atoms with Gasteiger partial charge in [-0.3, -0.25) is 4.79 Å². The summed E-state index contributed by atoms with van der Waals surface area (Å²) >= 11 is 2.60. The molecule has 0 aliphatic rings. The number of esters is 1. The predicted octanol–water partition coefficient (Wildman–Crippen LogP) is 5.17. The van der Waals surface area contributed by atoms with Crippen LogP contribution in [0.15, 0.2) is 53.4 Å². The summed E-state index contributed by atoms with van der Waals surface area (Å²) in [6, 6.07) is 13.4. The molecule has 0 saturated heterocycles. The zero-order valence-corrected chi connectivity index (χ0v) is 20.5. The molecule has 0 bridgehead atoms. The average Bonchev–Trinajstić information content (AvgIpc) is 3.33. The Hall–Kier alpha value is -3.08. The molecule has 4 rings (SSSR count). The highest BCUT2D eigenvalue weighted by molar-refractivity contribution is 7.90. The lowest BCUT2D eigenvalue weighted by atomic mass is 10.1. The minimum atomic E-state index is -3.36. The van der Waals surface area contributed by atoms with Gasteiger partial charge < -0.3 is 10.1 Å². The Morgan fingerprint density at radius 2 is 1.76 bits per heavy atom. The Bertz CT molecular complexity index is 1430. The number of benzene rings is 2. The zero-order valence-electron chi connectivity index (χ0n) is 18.0. The van der Waals surface area contributed by atoms with E-state index >= 15 is 0 Å². The lowest BCUT2D eigenvalue weighted by molar-refractivity contribution is 0.0531. The van der Waals surface area contributed by atoms with Gasteiger partial charge in [-0.25, -0.2) is 18.2 Å². The van der Waals surface area contributed by atoms with Crippen molar-refractivity contribution in [3.05, 3.63) is 64.5 Å². The molecule has 1 amide bonds. The lowest BCUT2D eigenvalue weighted by Gasteiger charge is -2.06. The SMILES string of the molecule is CCOC(=O)c1sc(NC(=O)c2ccc(S(C)(=O)=O)cc2)c(-c2nc3ccccc3s2)c1C. The number of sulfone groups is 1. The molecule has 4 aromatic rings. The summed E-state index contributed by atoms with van der Waals surface area (Å²) in [7, 11) is -3.36. The highest BCUT2D eigenvalue weighted by Gasteiger charge is 2.25. The van der Waals surface area contributed by atoms with Crippen LogP contribution in [0.4, 0.5) is 5.00 Å². The second-order valence-electron chi connectivity index (χ2n) is 7.22. The zero-order chi connectivity index (χ0) is 23.8. The monoisotopic (exact) mass is 500 g/mol. The maximum Gasteiger partial charge on any atom is 0.348 e. The molecule has 2 aromatic carbocycles. The quantitative estimate of drug-likeness (QED) is 0.367. The summed E-state index contributed by atoms with van der Waals surface area (Å²) in [6.45, 7) is 3.78. The van der Waals surface area contributed by atoms with Crippen LogP contribution in [0.25, 0.3) is 20.8 Å². The van der Waals surface area contributed by atoms with Crippen LogP contribution in [0.3, 0.4) is 0 Å². The number of hydrogen-bond donors (Lipinski definition) is 1. The molecule has 0 aliphatic carbocycles. The molecular formula is C23H20N2O5S3. The number of para-hydroxylation sites is 1. The molecule has 2 aromatic heterocycles. The van der Waals surface area contributed by atoms with Gasteiger partial charge in [-0.15, -0.1) is 22.7 Å². The first-order valence-electron chi connectivity index (χ1n) is 9.97. The fourth-order valence-corrected chi connectivity index (χ4v) is 6.12. The average molecular weight is 501 g/mol. The summed E-state index contributed by atoms with van der Waals surface area (Å²) < 4.78 is 29.6. The number of carbonyl (C=O) groups excluding carboxylic acids is 2. The second kappa shape index (κ2) is 9.05. The van der Waals surface area contributed by atoms with Gasteiger partial charge in [-0.05, 0) is 55.8 Å². The van der Waals surface area contributed by atoms with Gasteiger partial charge in [0.2, 0.25) is 0 Å². The van der Waals surface area contributed by atoms with Crippen LogP contribution < -0.4 is 5.32 Å². The van der Waals surface area contributed by atoms with Crippen molar-refractivity contribution >= 4 is 59.6 Å². The predicted molar refractivity (Wildman–Crippen MR) is 131 cm³/mol. The first kappa shape index (κ1) is 23.1. The van der Waals surface area contributed by atoms with Crippen molar-refractivity contribution in [3.8, 4) is 10.6 Å². The maximum atomic E-state index is 13.0. The normalized spacial score (nSPS) is 11.5. The number of nitrogens with one attached hydrogen (secondary N) is 1. The standard InChI is InChI=1S/C23H20N2O5S3/c1-4-30-23(27)19-13(2)18(21-24-16-7-5-6-8-17(16)31-21)22(32-19)25-20(26)14-9-11-15(12-10-14)33(3,28)29/h5-12H,4H2,1-3H3,(H,25,26). The van der Waals surface area contributed by atoms with Gasteiger partial charge >= 0.3 is 5.97 Å². The summed E-state index contributed by atoms with van der Waals surface area (Å²) in [4.78, 5) is 30.7. The number of anilines is 1. The molecule has 7 nitrogen and oxygen atoms in total. The van der Waals surface area contributed by atoms with Crippen LogP contribution in [0.5, 0.6) is 0 Å². The number of hydrogen-bond acceptors (Lipinski definition) is 8. The van der Waals surface area contributed by atoms with Crippen LogP contribution in [0.1, 0.15) is 32.5 Å². The van der Waals surface area contributed by atoms with Crippen molar-refractivity contribution in [1.82, 2.24) is 4.98 Å². The van der Waals surface area contributed by atoms with E-state index in [9.17, 15) is 18.0 Å². The van der Waals surface area contributed by atoms with Gasteiger partial charge in [-0.1, -0.05) is 12.1 Å². The molecule has 0 atom stereocenters. The van der Waals surface area contributed by atoms with E-state index in [0.29, 0.717) is 31.6 Å². The van der Waals surface area contributed by atoms with Crippen LogP contribution in [-0.2, 0) is 14.6 Å². The molecule has 0 saturated carbocycles. The third kappa shape index (κ3) is 4.68. The van der Waals surface area contributed by atoms with Crippen LogP contribution in [-0.4, -0.2) is 38.1 Å². The maximum absolute atomic E-state index is 13.0. The van der Waals surface area contributed by atoms with E-state index in [-0.39, 0.29) is 11.5 Å². The smallest absolute Gasteiger partial charge is 0.348 e. The van der Waals surface area contributed by atoms with Gasteiger partial charge in [0.1, 0.15) is 14.9 Å². The van der Waals surface area contributed by atoms with E-state index in [4.69, 9.17) is 9.72 Å². The molecule has 0 spiro atoms. The largest absolute Gasteiger partial charge is 0.462 e. The van der Waals surface area contributed by atoms with E-state index in [1.54, 1.807) is 13.8 Å². The summed E-state index contributed by atoms with van der Waals surface area (Å²) in [5.41, 5.74) is 2.47. The van der Waals surface area contributed by atoms with E-state index in [0.717, 1.165) is 27.8 Å². The Morgan fingerprint density at radius 3 is 2.39 bits per heavy atom. The molecule has 10 heteroatoms. The summed E-state index contributed by atoms with van der Waals surface area (Å²) in [5.74, 6) is -0.880. The molecular weight excluding hydrogens is 480 g/mol. The number of carbonyl (C=O) groups is 2. The molecule has 0 fully saturated rings. The molecule has 33 heavy (non-hydrogen) atoms. The Labute approximate surface area is 199 Å². The third-order valence-electron chi connectivity index (χ3n) is 4.89. The van der Waals surface area contributed by atoms with Crippen molar-refractivity contribution in [2.24, 2.45) is 0 Å². The number of thiazole rings is 1. The highest BCUT2D eigenvalue weighted by Crippen LogP contribution is 2.43. The Balaban J connectivity index is 1.75. The number of ether oxygens (including phenoxy) is 1. The lowest BCUT2D eigenvalue weighted by Crippen LogP contribution is -2.11. The molecule has 2 heterocycles. The fraction of sp³-hybridized carbons (Fsp3) is 0.174. The topological polar surface area (TPSA) is 102 Å². The van der Waals surface area contributed by atoms with Gasteiger partial charge in [0.15, 0.2) is 9.84 Å². The van der Waals surface area contributed by atoms with Crippen LogP contribution in [0.2, 0.25) is 0 Å². The van der Waals surface area contributed by atoms with E-state index < -0.39 is 21.7 Å². The summed E-state index contributed by atoms with van der Waals surface area (Å²) in [5, 5.41) is 4.04. The van der Waals surface area contributed by atoms with Crippen LogP contribution >= 0.6 is 22.7 Å². The van der Waals surface area contributed by atoms with Crippen molar-refractivity contribution in [1.29, 1.82) is 0 Å². The highest BCUT2D eigenvalue weighted by atomic mass is 32.2. The third-order valence-corrected chi connectivity index (χ3v) is 8.26. The number of rotatable bonds is 6. The Morgan fingerprint density at radius 1 is 1.06 bits per heavy atom. The molecule has 170 valence electrons. The van der Waals surface area contributed by atoms with Crippen molar-refractivity contribution < 1.29 is 22.7 Å². The molecule has 0 unspecified atom stereocenters. The molecule has 1 N–H and O–H groups in total. The van der Waals surface area contributed by atoms with Crippen molar-refractivity contribution in [3.63, 3.8) is 0 Å². The number of fused-ring (bicyclic) bond motifs is 1. The number of thiophene rings is 1.